The lowest BCUT2D eigenvalue weighted by Crippen LogP contribution is -2.43. The van der Waals surface area contributed by atoms with E-state index in [1.54, 1.807) is 97.9 Å². The summed E-state index contributed by atoms with van der Waals surface area (Å²) in [5.41, 5.74) is 0.719. The Morgan fingerprint density at radius 3 is 1.83 bits per heavy atom. The van der Waals surface area contributed by atoms with Gasteiger partial charge in [0, 0.05) is 16.4 Å². The van der Waals surface area contributed by atoms with E-state index in [2.05, 4.69) is 5.32 Å². The molecule has 0 bridgehead atoms. The molecule has 0 aromatic heterocycles. The van der Waals surface area contributed by atoms with Crippen molar-refractivity contribution in [3.8, 4) is 0 Å². The van der Waals surface area contributed by atoms with Crippen molar-refractivity contribution in [1.82, 2.24) is 5.32 Å². The maximum Gasteiger partial charge on any atom is 0.261 e. The van der Waals surface area contributed by atoms with Gasteiger partial charge in [0.15, 0.2) is 11.6 Å². The van der Waals surface area contributed by atoms with Gasteiger partial charge >= 0.3 is 0 Å². The van der Waals surface area contributed by atoms with Crippen LogP contribution in [0.1, 0.15) is 27.6 Å². The molecule has 0 saturated heterocycles. The Hall–Kier alpha value is -3.01. The molecule has 0 fully saturated rings. The fourth-order valence-corrected chi connectivity index (χ4v) is 5.30. The van der Waals surface area contributed by atoms with Crippen molar-refractivity contribution in [3.05, 3.63) is 102 Å². The minimum Gasteiger partial charge on any atom is -0.333 e. The summed E-state index contributed by atoms with van der Waals surface area (Å²) in [6, 6.07) is 25.5. The molecule has 0 aliphatic heterocycles. The molecule has 29 heavy (non-hydrogen) atoms. The number of nitrogens with one attached hydrogen (secondary N) is 1. The van der Waals surface area contributed by atoms with Crippen LogP contribution < -0.4 is 10.6 Å². The first kappa shape index (κ1) is 20.7. The predicted molar refractivity (Wildman–Crippen MR) is 114 cm³/mol. The second-order valence-electron chi connectivity index (χ2n) is 6.32. The van der Waals surface area contributed by atoms with Crippen LogP contribution in [0.2, 0.25) is 0 Å². The summed E-state index contributed by atoms with van der Waals surface area (Å²) < 4.78 is 19.7. The average Bonchev–Trinajstić information content (AvgIpc) is 2.78. The van der Waals surface area contributed by atoms with Crippen LogP contribution in [0.25, 0.3) is 0 Å². The van der Waals surface area contributed by atoms with Gasteiger partial charge in [-0.15, -0.1) is 0 Å². The number of carbonyl (C=O) groups excluding carboxylic acids is 2. The lowest BCUT2D eigenvalue weighted by atomic mass is 10.1. The summed E-state index contributed by atoms with van der Waals surface area (Å²) in [5, 5.41) is 3.06. The number of carbonyl (C=O) groups is 2. The molecule has 1 N–H and O–H groups in total. The van der Waals surface area contributed by atoms with E-state index in [-0.39, 0.29) is 6.61 Å². The van der Waals surface area contributed by atoms with Crippen LogP contribution in [-0.4, -0.2) is 24.1 Å². The minimum atomic E-state index is -3.76. The summed E-state index contributed by atoms with van der Waals surface area (Å²) in [7, 11) is -3.76. The van der Waals surface area contributed by atoms with E-state index in [0.29, 0.717) is 16.4 Å². The topological polar surface area (TPSA) is 72.5 Å². The molecule has 0 aliphatic carbocycles. The Labute approximate surface area is 170 Å². The summed E-state index contributed by atoms with van der Waals surface area (Å²) in [6.45, 7) is 1.84. The van der Waals surface area contributed by atoms with E-state index in [1.807, 2.05) is 0 Å². The normalized spacial score (nSPS) is 13.8. The third kappa shape index (κ3) is 4.70. The summed E-state index contributed by atoms with van der Waals surface area (Å²) in [6.07, 6.45) is 0. The smallest absolute Gasteiger partial charge is 0.261 e. The molecule has 0 unspecified atom stereocenters. The fourth-order valence-electron chi connectivity index (χ4n) is 2.99. The van der Waals surface area contributed by atoms with Gasteiger partial charge in [0.25, 0.3) is 13.3 Å². The molecule has 5 nitrogen and oxygen atoms in total. The minimum absolute atomic E-state index is 0.131. The zero-order valence-corrected chi connectivity index (χ0v) is 16.9. The molecule has 6 heteroatoms. The molecule has 3 aromatic carbocycles. The van der Waals surface area contributed by atoms with Gasteiger partial charge < -0.3 is 9.84 Å². The zero-order valence-electron chi connectivity index (χ0n) is 16.0. The second-order valence-corrected chi connectivity index (χ2v) is 8.81. The molecule has 0 saturated carbocycles. The third-order valence-corrected chi connectivity index (χ3v) is 7.09. The largest absolute Gasteiger partial charge is 0.333 e. The monoisotopic (exact) mass is 407 g/mol. The molecule has 0 aliphatic rings. The summed E-state index contributed by atoms with van der Waals surface area (Å²) >= 11 is 0. The fraction of sp³-hybridized carbons (Fsp3) is 0.130. The first-order valence-corrected chi connectivity index (χ1v) is 11.0. The standard InChI is InChI=1S/C23H22NO4P/c1-2-28-29(27,20-16-10-5-11-17-20)23(21(25)18-12-6-3-7-13-18)24-22(26)19-14-8-4-9-15-19/h3-17,23H,2H2,1H3,(H,24,26)/t23-,29+/m1/s1. The van der Waals surface area contributed by atoms with Crippen LogP contribution in [0, 0.1) is 0 Å². The zero-order chi connectivity index (χ0) is 20.7. The maximum atomic E-state index is 14.0. The average molecular weight is 407 g/mol. The Morgan fingerprint density at radius 2 is 1.31 bits per heavy atom. The highest BCUT2D eigenvalue weighted by atomic mass is 31.2. The molecule has 0 radical (unpaired) electrons. The van der Waals surface area contributed by atoms with E-state index in [9.17, 15) is 14.2 Å². The van der Waals surface area contributed by atoms with Gasteiger partial charge in [-0.3, -0.25) is 14.2 Å². The van der Waals surface area contributed by atoms with Crippen LogP contribution in [-0.2, 0) is 9.09 Å². The van der Waals surface area contributed by atoms with E-state index in [1.165, 1.54) is 0 Å². The van der Waals surface area contributed by atoms with Crippen molar-refractivity contribution in [2.75, 3.05) is 6.61 Å². The highest BCUT2D eigenvalue weighted by Gasteiger charge is 2.42. The highest BCUT2D eigenvalue weighted by Crippen LogP contribution is 2.50. The number of hydrogen-bond donors (Lipinski definition) is 1. The maximum absolute atomic E-state index is 14.0. The van der Waals surface area contributed by atoms with Crippen molar-refractivity contribution in [3.63, 3.8) is 0 Å². The van der Waals surface area contributed by atoms with Crippen molar-refractivity contribution in [2.24, 2.45) is 0 Å². The van der Waals surface area contributed by atoms with Crippen molar-refractivity contribution in [1.29, 1.82) is 0 Å². The van der Waals surface area contributed by atoms with Gasteiger partial charge in [-0.2, -0.15) is 0 Å². The van der Waals surface area contributed by atoms with Gasteiger partial charge in [0.05, 0.1) is 6.61 Å². The Kier molecular flexibility index (Phi) is 6.76. The van der Waals surface area contributed by atoms with E-state index < -0.39 is 24.8 Å². The molecule has 1 amide bonds. The van der Waals surface area contributed by atoms with Crippen LogP contribution in [0.15, 0.2) is 91.0 Å². The third-order valence-electron chi connectivity index (χ3n) is 4.39. The number of benzene rings is 3. The first-order valence-electron chi connectivity index (χ1n) is 9.31. The molecule has 3 rings (SSSR count). The van der Waals surface area contributed by atoms with Gasteiger partial charge in [0.2, 0.25) is 0 Å². The van der Waals surface area contributed by atoms with Crippen LogP contribution in [0.4, 0.5) is 0 Å². The second kappa shape index (κ2) is 9.46. The van der Waals surface area contributed by atoms with Crippen molar-refractivity contribution in [2.45, 2.75) is 12.7 Å². The van der Waals surface area contributed by atoms with Crippen molar-refractivity contribution >= 4 is 24.4 Å². The van der Waals surface area contributed by atoms with E-state index in [4.69, 9.17) is 4.52 Å². The lowest BCUT2D eigenvalue weighted by Gasteiger charge is -2.27. The molecular weight excluding hydrogens is 385 g/mol. The Morgan fingerprint density at radius 1 is 0.828 bits per heavy atom. The molecule has 2 atom stereocenters. The van der Waals surface area contributed by atoms with Crippen LogP contribution in [0.5, 0.6) is 0 Å². The van der Waals surface area contributed by atoms with E-state index in [0.717, 1.165) is 0 Å². The number of rotatable bonds is 8. The van der Waals surface area contributed by atoms with Gasteiger partial charge in [-0.25, -0.2) is 0 Å². The Balaban J connectivity index is 2.07. The van der Waals surface area contributed by atoms with Gasteiger partial charge in [-0.1, -0.05) is 66.7 Å². The summed E-state index contributed by atoms with van der Waals surface area (Å²) in [4.78, 5) is 26.2. The molecular formula is C23H22NO4P. The number of hydrogen-bond acceptors (Lipinski definition) is 4. The number of amides is 1. The highest BCUT2D eigenvalue weighted by molar-refractivity contribution is 7.68. The van der Waals surface area contributed by atoms with Crippen LogP contribution >= 0.6 is 7.37 Å². The van der Waals surface area contributed by atoms with Crippen LogP contribution in [0.3, 0.4) is 0 Å². The van der Waals surface area contributed by atoms with Gasteiger partial charge in [-0.05, 0) is 31.2 Å². The SMILES string of the molecule is CCO[P@@](=O)(c1ccccc1)[C@@H](NC(=O)c1ccccc1)C(=O)c1ccccc1. The number of Topliss-reactive ketones (excluding diaryl/α,β-unsaturated/α-hetero) is 1. The Bertz CT molecular complexity index is 1010. The lowest BCUT2D eigenvalue weighted by molar-refractivity contribution is 0.0882. The molecule has 3 aromatic rings. The molecule has 0 spiro atoms. The quantitative estimate of drug-likeness (QED) is 0.447. The molecule has 0 heterocycles. The molecule has 148 valence electrons. The predicted octanol–water partition coefficient (Wildman–Crippen LogP) is 4.27. The van der Waals surface area contributed by atoms with E-state index >= 15 is 0 Å². The van der Waals surface area contributed by atoms with Gasteiger partial charge in [0.1, 0.15) is 0 Å². The van der Waals surface area contributed by atoms with Crippen molar-refractivity contribution < 1.29 is 18.7 Å². The first-order chi connectivity index (χ1) is 14.1. The number of ketones is 1. The summed E-state index contributed by atoms with van der Waals surface area (Å²) in [5.74, 6) is -2.30.